The van der Waals surface area contributed by atoms with Crippen molar-refractivity contribution in [1.29, 1.82) is 0 Å². The van der Waals surface area contributed by atoms with Crippen molar-refractivity contribution in [2.75, 3.05) is 52.9 Å². The molecule has 0 atom stereocenters. The van der Waals surface area contributed by atoms with E-state index in [1.807, 2.05) is 27.7 Å². The molecule has 0 heterocycles. The third kappa shape index (κ3) is 20.1. The summed E-state index contributed by atoms with van der Waals surface area (Å²) in [7, 11) is 0. The van der Waals surface area contributed by atoms with Crippen LogP contribution in [0.2, 0.25) is 0 Å². The van der Waals surface area contributed by atoms with Crippen molar-refractivity contribution in [1.82, 2.24) is 0 Å². The zero-order valence-electron chi connectivity index (χ0n) is 13.3. The minimum absolute atomic E-state index is 0.372. The van der Waals surface area contributed by atoms with E-state index in [1.54, 1.807) is 0 Å². The molecule has 0 rings (SSSR count). The van der Waals surface area contributed by atoms with Gasteiger partial charge in [0.1, 0.15) is 12.2 Å². The first-order valence-corrected chi connectivity index (χ1v) is 7.29. The highest BCUT2D eigenvalue weighted by molar-refractivity contribution is 4.50. The fourth-order valence-corrected chi connectivity index (χ4v) is 1.11. The molecule has 0 aliphatic carbocycles. The summed E-state index contributed by atoms with van der Waals surface area (Å²) in [6.45, 7) is 11.6. The predicted molar refractivity (Wildman–Crippen MR) is 78.0 cm³/mol. The van der Waals surface area contributed by atoms with Crippen molar-refractivity contribution in [2.45, 2.75) is 39.9 Å². The Kier molecular flexibility index (Phi) is 20.7. The number of rotatable bonds is 12. The van der Waals surface area contributed by atoms with Crippen LogP contribution in [0.4, 0.5) is 0 Å². The Bertz CT molecular complexity index is 134. The van der Waals surface area contributed by atoms with Crippen molar-refractivity contribution in [3.63, 3.8) is 0 Å². The molecule has 0 radical (unpaired) electrons. The predicted octanol–water partition coefficient (Wildman–Crippen LogP) is 0.841. The monoisotopic (exact) mass is 296 g/mol. The molecule has 0 fully saturated rings. The van der Waals surface area contributed by atoms with Crippen LogP contribution in [-0.2, 0) is 18.9 Å². The summed E-state index contributed by atoms with van der Waals surface area (Å²) >= 11 is 0. The topological polar surface area (TPSA) is 77.4 Å². The van der Waals surface area contributed by atoms with E-state index >= 15 is 0 Å². The minimum atomic E-state index is -0.472. The lowest BCUT2D eigenvalue weighted by molar-refractivity contribution is -0.0132. The molecule has 0 saturated heterocycles. The molecule has 0 aliphatic rings. The van der Waals surface area contributed by atoms with Crippen LogP contribution in [0, 0.1) is 0 Å². The molecule has 20 heavy (non-hydrogen) atoms. The summed E-state index contributed by atoms with van der Waals surface area (Å²) < 4.78 is 19.8. The van der Waals surface area contributed by atoms with Crippen LogP contribution in [0.3, 0.4) is 0 Å². The molecule has 0 bridgehead atoms. The van der Waals surface area contributed by atoms with Gasteiger partial charge in [0.25, 0.3) is 0 Å². The zero-order valence-corrected chi connectivity index (χ0v) is 13.3. The largest absolute Gasteiger partial charge is 0.388 e. The Morgan fingerprint density at radius 2 is 0.750 bits per heavy atom. The van der Waals surface area contributed by atoms with Crippen LogP contribution in [0.15, 0.2) is 0 Å². The normalized spacial score (nSPS) is 10.8. The van der Waals surface area contributed by atoms with Gasteiger partial charge < -0.3 is 29.2 Å². The first-order chi connectivity index (χ1) is 9.62. The second-order valence-electron chi connectivity index (χ2n) is 3.95. The molecule has 6 heteroatoms. The van der Waals surface area contributed by atoms with Gasteiger partial charge in [-0.1, -0.05) is 0 Å². The first-order valence-electron chi connectivity index (χ1n) is 7.29. The number of ether oxygens (including phenoxy) is 4. The Balaban J connectivity index is 0. The fraction of sp³-hybridized carbons (Fsp3) is 1.00. The Labute approximate surface area is 123 Å². The van der Waals surface area contributed by atoms with Crippen molar-refractivity contribution >= 4 is 0 Å². The third-order valence-corrected chi connectivity index (χ3v) is 2.06. The Hall–Kier alpha value is -0.240. The maximum absolute atomic E-state index is 9.06. The summed E-state index contributed by atoms with van der Waals surface area (Å²) in [4.78, 5) is 0. The van der Waals surface area contributed by atoms with Crippen LogP contribution in [-0.4, -0.2) is 75.3 Å². The van der Waals surface area contributed by atoms with Gasteiger partial charge in [-0.15, -0.1) is 0 Å². The van der Waals surface area contributed by atoms with E-state index in [9.17, 15) is 0 Å². The van der Waals surface area contributed by atoms with E-state index in [1.165, 1.54) is 0 Å². The molecule has 0 unspecified atom stereocenters. The highest BCUT2D eigenvalue weighted by Gasteiger charge is 2.02. The van der Waals surface area contributed by atoms with Gasteiger partial charge in [0.05, 0.1) is 26.4 Å². The Morgan fingerprint density at radius 3 is 0.900 bits per heavy atom. The lowest BCUT2D eigenvalue weighted by atomic mass is 10.4. The van der Waals surface area contributed by atoms with Crippen molar-refractivity contribution in [3.05, 3.63) is 0 Å². The molecule has 0 aromatic carbocycles. The third-order valence-electron chi connectivity index (χ3n) is 2.06. The van der Waals surface area contributed by atoms with Crippen molar-refractivity contribution in [3.8, 4) is 0 Å². The summed E-state index contributed by atoms with van der Waals surface area (Å²) in [6, 6.07) is 0. The van der Waals surface area contributed by atoms with E-state index in [4.69, 9.17) is 29.2 Å². The maximum Gasteiger partial charge on any atom is 0.101 e. The molecule has 6 nitrogen and oxygen atoms in total. The summed E-state index contributed by atoms with van der Waals surface area (Å²) in [5.74, 6) is 0. The number of aliphatic hydroxyl groups is 2. The Morgan fingerprint density at radius 1 is 0.550 bits per heavy atom. The van der Waals surface area contributed by atoms with Gasteiger partial charge >= 0.3 is 0 Å². The van der Waals surface area contributed by atoms with E-state index in [0.717, 1.165) is 0 Å². The molecule has 0 aromatic heterocycles. The highest BCUT2D eigenvalue weighted by atomic mass is 16.5. The second-order valence-corrected chi connectivity index (χ2v) is 3.95. The van der Waals surface area contributed by atoms with Gasteiger partial charge in [0.2, 0.25) is 0 Å². The SMILES string of the molecule is CCOCC(O)COCC.CCOCC(O)COCC. The molecular weight excluding hydrogens is 264 g/mol. The molecule has 0 spiro atoms. The molecule has 0 amide bonds. The van der Waals surface area contributed by atoms with E-state index in [0.29, 0.717) is 52.9 Å². The van der Waals surface area contributed by atoms with Gasteiger partial charge in [-0.3, -0.25) is 0 Å². The van der Waals surface area contributed by atoms with Gasteiger partial charge in [0.15, 0.2) is 0 Å². The van der Waals surface area contributed by atoms with Gasteiger partial charge in [-0.25, -0.2) is 0 Å². The standard InChI is InChI=1S/2C7H16O3/c2*1-3-9-5-7(8)6-10-4-2/h2*7-8H,3-6H2,1-2H3. The van der Waals surface area contributed by atoms with E-state index in [-0.39, 0.29) is 0 Å². The first kappa shape index (κ1) is 22.0. The van der Waals surface area contributed by atoms with Gasteiger partial charge in [0, 0.05) is 26.4 Å². The zero-order chi connectivity index (χ0) is 15.6. The van der Waals surface area contributed by atoms with Crippen LogP contribution in [0.5, 0.6) is 0 Å². The van der Waals surface area contributed by atoms with Crippen LogP contribution >= 0.6 is 0 Å². The minimum Gasteiger partial charge on any atom is -0.388 e. The summed E-state index contributed by atoms with van der Waals surface area (Å²) in [6.07, 6.45) is -0.945. The number of aliphatic hydroxyl groups excluding tert-OH is 2. The summed E-state index contributed by atoms with van der Waals surface area (Å²) in [5, 5.41) is 18.1. The average Bonchev–Trinajstić information content (AvgIpc) is 2.47. The fourth-order valence-electron chi connectivity index (χ4n) is 1.11. The molecule has 0 aromatic rings. The summed E-state index contributed by atoms with van der Waals surface area (Å²) in [5.41, 5.74) is 0. The molecule has 2 N–H and O–H groups in total. The molecular formula is C14H32O6. The maximum atomic E-state index is 9.06. The smallest absolute Gasteiger partial charge is 0.101 e. The number of hydrogen-bond acceptors (Lipinski definition) is 6. The second kappa shape index (κ2) is 18.8. The molecule has 0 saturated carbocycles. The molecule has 0 aliphatic heterocycles. The van der Waals surface area contributed by atoms with Crippen LogP contribution in [0.25, 0.3) is 0 Å². The number of hydrogen-bond donors (Lipinski definition) is 2. The van der Waals surface area contributed by atoms with Crippen LogP contribution in [0.1, 0.15) is 27.7 Å². The molecule has 124 valence electrons. The van der Waals surface area contributed by atoms with Crippen LogP contribution < -0.4 is 0 Å². The highest BCUT2D eigenvalue weighted by Crippen LogP contribution is 1.87. The average molecular weight is 296 g/mol. The van der Waals surface area contributed by atoms with Crippen molar-refractivity contribution in [2.24, 2.45) is 0 Å². The lowest BCUT2D eigenvalue weighted by Crippen LogP contribution is -2.21. The van der Waals surface area contributed by atoms with E-state index in [2.05, 4.69) is 0 Å². The van der Waals surface area contributed by atoms with E-state index < -0.39 is 12.2 Å². The van der Waals surface area contributed by atoms with Crippen molar-refractivity contribution < 1.29 is 29.2 Å². The van der Waals surface area contributed by atoms with Gasteiger partial charge in [-0.2, -0.15) is 0 Å². The lowest BCUT2D eigenvalue weighted by Gasteiger charge is -2.09. The quantitative estimate of drug-likeness (QED) is 0.556. The van der Waals surface area contributed by atoms with Gasteiger partial charge in [-0.05, 0) is 27.7 Å².